The second kappa shape index (κ2) is 2.88. The third kappa shape index (κ3) is 1.58. The SMILES string of the molecule is [OH].[O]c1ncccc1O. The van der Waals surface area contributed by atoms with E-state index in [-0.39, 0.29) is 11.2 Å². The highest BCUT2D eigenvalue weighted by molar-refractivity contribution is 5.28. The summed E-state index contributed by atoms with van der Waals surface area (Å²) >= 11 is 0. The Morgan fingerprint density at radius 2 is 2.22 bits per heavy atom. The molecule has 1 heterocycles. The highest BCUT2D eigenvalue weighted by Crippen LogP contribution is 2.18. The Bertz CT molecular complexity index is 168. The second-order valence-electron chi connectivity index (χ2n) is 1.33. The van der Waals surface area contributed by atoms with Crippen LogP contribution in [0, 0.1) is 0 Å². The molecule has 1 aromatic rings. The van der Waals surface area contributed by atoms with Crippen molar-refractivity contribution in [3.63, 3.8) is 0 Å². The maximum atomic E-state index is 10.3. The average Bonchev–Trinajstić information content (AvgIpc) is 1.77. The molecule has 2 radical (unpaired) electrons. The Kier molecular flexibility index (Phi) is 2.47. The van der Waals surface area contributed by atoms with Crippen molar-refractivity contribution < 1.29 is 15.7 Å². The van der Waals surface area contributed by atoms with Crippen molar-refractivity contribution in [3.05, 3.63) is 18.3 Å². The first-order chi connectivity index (χ1) is 3.80. The molecule has 9 heavy (non-hydrogen) atoms. The normalized spacial score (nSPS) is 8.00. The van der Waals surface area contributed by atoms with E-state index in [1.54, 1.807) is 0 Å². The third-order valence-electron chi connectivity index (χ3n) is 0.751. The molecule has 0 amide bonds. The van der Waals surface area contributed by atoms with E-state index in [0.717, 1.165) is 0 Å². The quantitative estimate of drug-likeness (QED) is 0.539. The highest BCUT2D eigenvalue weighted by atomic mass is 16.3. The van der Waals surface area contributed by atoms with Crippen molar-refractivity contribution in [2.75, 3.05) is 0 Å². The summed E-state index contributed by atoms with van der Waals surface area (Å²) in [5.41, 5.74) is 0. The summed E-state index contributed by atoms with van der Waals surface area (Å²) in [6.07, 6.45) is 1.34. The summed E-state index contributed by atoms with van der Waals surface area (Å²) in [5.74, 6) is -0.875. The van der Waals surface area contributed by atoms with Crippen molar-refractivity contribution in [2.45, 2.75) is 0 Å². The zero-order valence-corrected chi connectivity index (χ0v) is 4.48. The molecule has 0 fully saturated rings. The summed E-state index contributed by atoms with van der Waals surface area (Å²) in [6, 6.07) is 2.80. The Morgan fingerprint density at radius 1 is 1.56 bits per heavy atom. The minimum atomic E-state index is -0.576. The lowest BCUT2D eigenvalue weighted by molar-refractivity contribution is 0.308. The number of aromatic hydroxyl groups is 1. The summed E-state index contributed by atoms with van der Waals surface area (Å²) in [5, 5.41) is 18.8. The molecule has 4 heteroatoms. The van der Waals surface area contributed by atoms with Gasteiger partial charge in [0.1, 0.15) is 0 Å². The van der Waals surface area contributed by atoms with Gasteiger partial charge in [-0.2, -0.15) is 0 Å². The van der Waals surface area contributed by atoms with E-state index in [4.69, 9.17) is 5.11 Å². The van der Waals surface area contributed by atoms with Crippen LogP contribution in [0.4, 0.5) is 0 Å². The number of hydrogen-bond acceptors (Lipinski definition) is 2. The van der Waals surface area contributed by atoms with Gasteiger partial charge < -0.3 is 5.11 Å². The Balaban J connectivity index is 0.000000640. The van der Waals surface area contributed by atoms with Crippen LogP contribution in [0.1, 0.15) is 0 Å². The molecular formula is C5H5NO3. The van der Waals surface area contributed by atoms with Gasteiger partial charge in [-0.3, -0.25) is 10.6 Å². The zero-order chi connectivity index (χ0) is 5.98. The average molecular weight is 127 g/mol. The van der Waals surface area contributed by atoms with Gasteiger partial charge in [0.05, 0.1) is 0 Å². The van der Waals surface area contributed by atoms with Gasteiger partial charge in [0, 0.05) is 6.20 Å². The number of rotatable bonds is 0. The Hall–Kier alpha value is -1.29. The summed E-state index contributed by atoms with van der Waals surface area (Å²) in [6.45, 7) is 0. The van der Waals surface area contributed by atoms with Crippen LogP contribution < -0.4 is 0 Å². The van der Waals surface area contributed by atoms with E-state index < -0.39 is 5.88 Å². The van der Waals surface area contributed by atoms with Gasteiger partial charge >= 0.3 is 5.88 Å². The van der Waals surface area contributed by atoms with Crippen LogP contribution in [0.2, 0.25) is 0 Å². The standard InChI is InChI=1S/C5H4NO2.HO/c7-4-2-1-3-6-5(4)8;/h1-3,7H;1H. The first-order valence-corrected chi connectivity index (χ1v) is 2.11. The predicted octanol–water partition coefficient (Wildman–Crippen LogP) is 0.754. The van der Waals surface area contributed by atoms with Gasteiger partial charge in [0.2, 0.25) is 0 Å². The largest absolute Gasteiger partial charge is 0.503 e. The smallest absolute Gasteiger partial charge is 0.311 e. The van der Waals surface area contributed by atoms with Gasteiger partial charge in [-0.25, -0.2) is 4.98 Å². The molecule has 0 spiro atoms. The lowest BCUT2D eigenvalue weighted by Gasteiger charge is -1.86. The molecule has 48 valence electrons. The third-order valence-corrected chi connectivity index (χ3v) is 0.751. The lowest BCUT2D eigenvalue weighted by atomic mass is 10.4. The molecule has 0 saturated heterocycles. The van der Waals surface area contributed by atoms with Crippen LogP contribution in [-0.2, 0) is 5.11 Å². The molecular weight excluding hydrogens is 122 g/mol. The molecule has 0 aliphatic rings. The zero-order valence-electron chi connectivity index (χ0n) is 4.48. The monoisotopic (exact) mass is 127 g/mol. The molecule has 0 aliphatic carbocycles. The van der Waals surface area contributed by atoms with Crippen molar-refractivity contribution in [1.29, 1.82) is 0 Å². The van der Waals surface area contributed by atoms with Crippen LogP contribution in [-0.4, -0.2) is 15.6 Å². The van der Waals surface area contributed by atoms with E-state index in [1.165, 1.54) is 18.3 Å². The molecule has 2 N–H and O–H groups in total. The molecule has 0 bridgehead atoms. The number of hydrogen-bond donors (Lipinski definition) is 2. The van der Waals surface area contributed by atoms with Gasteiger partial charge in [0.15, 0.2) is 5.75 Å². The first-order valence-electron chi connectivity index (χ1n) is 2.11. The predicted molar refractivity (Wildman–Crippen MR) is 28.0 cm³/mol. The Labute approximate surface area is 51.7 Å². The highest BCUT2D eigenvalue weighted by Gasteiger charge is 1.95. The van der Waals surface area contributed by atoms with Gasteiger partial charge in [0.25, 0.3) is 0 Å². The molecule has 0 aromatic carbocycles. The van der Waals surface area contributed by atoms with Gasteiger partial charge in [-0.1, -0.05) is 0 Å². The van der Waals surface area contributed by atoms with E-state index in [2.05, 4.69) is 4.98 Å². The van der Waals surface area contributed by atoms with Crippen molar-refractivity contribution in [2.24, 2.45) is 0 Å². The van der Waals surface area contributed by atoms with Crippen LogP contribution >= 0.6 is 0 Å². The van der Waals surface area contributed by atoms with Crippen molar-refractivity contribution >= 4 is 0 Å². The van der Waals surface area contributed by atoms with Crippen molar-refractivity contribution in [1.82, 2.24) is 4.98 Å². The fraction of sp³-hybridized carbons (Fsp3) is 0. The lowest BCUT2D eigenvalue weighted by Crippen LogP contribution is -1.68. The molecule has 0 atom stereocenters. The van der Waals surface area contributed by atoms with Crippen LogP contribution in [0.15, 0.2) is 18.3 Å². The summed E-state index contributed by atoms with van der Waals surface area (Å²) in [4.78, 5) is 3.27. The van der Waals surface area contributed by atoms with E-state index in [0.29, 0.717) is 0 Å². The fourth-order valence-electron chi connectivity index (χ4n) is 0.382. The fourth-order valence-corrected chi connectivity index (χ4v) is 0.382. The van der Waals surface area contributed by atoms with E-state index in [1.807, 2.05) is 0 Å². The number of nitrogens with zero attached hydrogens (tertiary/aromatic N) is 1. The minimum Gasteiger partial charge on any atom is -0.503 e. The molecule has 0 aliphatic heterocycles. The summed E-state index contributed by atoms with van der Waals surface area (Å²) in [7, 11) is 0. The van der Waals surface area contributed by atoms with Crippen LogP contribution in [0.5, 0.6) is 11.6 Å². The number of pyridine rings is 1. The molecule has 0 saturated carbocycles. The van der Waals surface area contributed by atoms with E-state index >= 15 is 0 Å². The molecule has 0 unspecified atom stereocenters. The van der Waals surface area contributed by atoms with Gasteiger partial charge in [-0.15, -0.1) is 0 Å². The maximum Gasteiger partial charge on any atom is 0.311 e. The minimum absolute atomic E-state index is 0. The van der Waals surface area contributed by atoms with Crippen molar-refractivity contribution in [3.8, 4) is 11.6 Å². The summed E-state index contributed by atoms with van der Waals surface area (Å²) < 4.78 is 0. The maximum absolute atomic E-state index is 10.3. The first kappa shape index (κ1) is 7.71. The number of aromatic nitrogens is 1. The molecule has 4 nitrogen and oxygen atoms in total. The topological polar surface area (TPSA) is 83.0 Å². The second-order valence-corrected chi connectivity index (χ2v) is 1.33. The molecule has 1 aromatic heterocycles. The van der Waals surface area contributed by atoms with Gasteiger partial charge in [-0.05, 0) is 12.1 Å². The Morgan fingerprint density at radius 3 is 2.56 bits per heavy atom. The van der Waals surface area contributed by atoms with Crippen LogP contribution in [0.3, 0.4) is 0 Å². The van der Waals surface area contributed by atoms with Crippen LogP contribution in [0.25, 0.3) is 0 Å². The molecule has 1 rings (SSSR count). The van der Waals surface area contributed by atoms with E-state index in [9.17, 15) is 5.11 Å².